The van der Waals surface area contributed by atoms with Gasteiger partial charge in [-0.25, -0.2) is 0 Å². The first-order valence-electron chi connectivity index (χ1n) is 8.92. The molecule has 0 saturated carbocycles. The van der Waals surface area contributed by atoms with Gasteiger partial charge >= 0.3 is 0 Å². The molecule has 0 spiro atoms. The number of para-hydroxylation sites is 1. The summed E-state index contributed by atoms with van der Waals surface area (Å²) in [4.78, 5) is 14.6. The van der Waals surface area contributed by atoms with E-state index in [1.165, 1.54) is 11.8 Å². The third-order valence-corrected chi connectivity index (χ3v) is 5.07. The van der Waals surface area contributed by atoms with Crippen molar-refractivity contribution in [1.29, 1.82) is 5.26 Å². The molecule has 0 aliphatic heterocycles. The van der Waals surface area contributed by atoms with E-state index in [4.69, 9.17) is 5.26 Å². The number of carbonyl (C=O) groups is 1. The number of benzene rings is 2. The first-order valence-corrected chi connectivity index (χ1v) is 9.91. The lowest BCUT2D eigenvalue weighted by Gasteiger charge is -2.22. The Morgan fingerprint density at radius 1 is 1.18 bits per heavy atom. The van der Waals surface area contributed by atoms with Gasteiger partial charge in [0, 0.05) is 17.9 Å². The van der Waals surface area contributed by atoms with Crippen LogP contribution in [-0.2, 0) is 4.79 Å². The maximum absolute atomic E-state index is 13.0. The highest BCUT2D eigenvalue weighted by Crippen LogP contribution is 2.23. The molecular formula is C21H21N5OS. The van der Waals surface area contributed by atoms with Crippen molar-refractivity contribution < 1.29 is 4.79 Å². The largest absolute Gasteiger partial charge is 0.311 e. The van der Waals surface area contributed by atoms with E-state index in [2.05, 4.69) is 22.3 Å². The second kappa shape index (κ2) is 9.20. The average Bonchev–Trinajstić information content (AvgIpc) is 3.15. The zero-order valence-corrected chi connectivity index (χ0v) is 16.7. The predicted octanol–water partition coefficient (Wildman–Crippen LogP) is 3.92. The summed E-state index contributed by atoms with van der Waals surface area (Å²) >= 11 is 1.34. The van der Waals surface area contributed by atoms with E-state index in [-0.39, 0.29) is 18.1 Å². The Hall–Kier alpha value is -3.11. The predicted molar refractivity (Wildman–Crippen MR) is 111 cm³/mol. The Morgan fingerprint density at radius 3 is 2.57 bits per heavy atom. The summed E-state index contributed by atoms with van der Waals surface area (Å²) in [5, 5.41) is 17.8. The minimum atomic E-state index is -0.0622. The van der Waals surface area contributed by atoms with Crippen LogP contribution in [0.25, 0.3) is 5.69 Å². The van der Waals surface area contributed by atoms with Crippen molar-refractivity contribution in [1.82, 2.24) is 14.8 Å². The van der Waals surface area contributed by atoms with Crippen molar-refractivity contribution in [2.75, 3.05) is 17.2 Å². The molecule has 0 unspecified atom stereocenters. The zero-order valence-electron chi connectivity index (χ0n) is 15.9. The van der Waals surface area contributed by atoms with Gasteiger partial charge < -0.3 is 4.90 Å². The number of aryl methyl sites for hydroxylation is 2. The summed E-state index contributed by atoms with van der Waals surface area (Å²) < 4.78 is 1.86. The highest BCUT2D eigenvalue weighted by atomic mass is 32.2. The Labute approximate surface area is 168 Å². The molecule has 0 fully saturated rings. The fraction of sp³-hybridized carbons (Fsp3) is 0.238. The van der Waals surface area contributed by atoms with Gasteiger partial charge in [-0.15, -0.1) is 10.2 Å². The van der Waals surface area contributed by atoms with Crippen molar-refractivity contribution >= 4 is 23.4 Å². The van der Waals surface area contributed by atoms with Crippen LogP contribution in [0, 0.1) is 25.2 Å². The van der Waals surface area contributed by atoms with Crippen LogP contribution in [0.15, 0.2) is 60.0 Å². The molecule has 0 radical (unpaired) electrons. The number of anilines is 1. The number of nitriles is 1. The number of thioether (sulfide) groups is 1. The summed E-state index contributed by atoms with van der Waals surface area (Å²) in [7, 11) is 0. The molecule has 6 nitrogen and oxygen atoms in total. The molecular weight excluding hydrogens is 370 g/mol. The highest BCUT2D eigenvalue weighted by Gasteiger charge is 2.18. The Bertz CT molecular complexity index is 973. The van der Waals surface area contributed by atoms with Crippen LogP contribution in [0.4, 0.5) is 5.69 Å². The lowest BCUT2D eigenvalue weighted by molar-refractivity contribution is -0.116. The molecule has 7 heteroatoms. The summed E-state index contributed by atoms with van der Waals surface area (Å²) in [6, 6.07) is 17.9. The minimum Gasteiger partial charge on any atom is -0.311 e. The minimum absolute atomic E-state index is 0.0622. The van der Waals surface area contributed by atoms with E-state index in [0.717, 1.165) is 22.5 Å². The van der Waals surface area contributed by atoms with Crippen LogP contribution < -0.4 is 4.90 Å². The van der Waals surface area contributed by atoms with Crippen LogP contribution >= 0.6 is 11.8 Å². The standard InChI is InChI=1S/C21H21N5OS/c1-16-11-17(2)13-19(12-16)25(10-6-9-22)20(27)14-28-21-24-23-15-26(21)18-7-4-3-5-8-18/h3-5,7-8,11-13,15H,6,10,14H2,1-2H3. The van der Waals surface area contributed by atoms with Crippen LogP contribution in [0.3, 0.4) is 0 Å². The van der Waals surface area contributed by atoms with Gasteiger partial charge in [0.25, 0.3) is 0 Å². The van der Waals surface area contributed by atoms with Crippen LogP contribution in [-0.4, -0.2) is 33.0 Å². The molecule has 0 N–H and O–H groups in total. The van der Waals surface area contributed by atoms with Crippen molar-refractivity contribution in [3.05, 3.63) is 66.0 Å². The van der Waals surface area contributed by atoms with Crippen molar-refractivity contribution in [2.45, 2.75) is 25.4 Å². The van der Waals surface area contributed by atoms with E-state index in [1.807, 2.05) is 60.9 Å². The van der Waals surface area contributed by atoms with Gasteiger partial charge in [-0.05, 0) is 49.2 Å². The third-order valence-electron chi connectivity index (χ3n) is 4.14. The number of amides is 1. The second-order valence-corrected chi connectivity index (χ2v) is 7.35. The van der Waals surface area contributed by atoms with E-state index in [9.17, 15) is 4.79 Å². The molecule has 1 heterocycles. The number of carbonyl (C=O) groups excluding carboxylic acids is 1. The molecule has 0 aliphatic rings. The zero-order chi connectivity index (χ0) is 19.9. The quantitative estimate of drug-likeness (QED) is 0.571. The lowest BCUT2D eigenvalue weighted by atomic mass is 10.1. The van der Waals surface area contributed by atoms with Gasteiger partial charge in [0.1, 0.15) is 6.33 Å². The van der Waals surface area contributed by atoms with Crippen LogP contribution in [0.1, 0.15) is 17.5 Å². The molecule has 1 aromatic heterocycles. The molecule has 142 valence electrons. The highest BCUT2D eigenvalue weighted by molar-refractivity contribution is 7.99. The molecule has 3 rings (SSSR count). The van der Waals surface area contributed by atoms with Crippen molar-refractivity contribution in [2.24, 2.45) is 0 Å². The number of hydrogen-bond acceptors (Lipinski definition) is 5. The topological polar surface area (TPSA) is 74.8 Å². The number of rotatable bonds is 7. The summed E-state index contributed by atoms with van der Waals surface area (Å²) in [5.74, 6) is 0.150. The Balaban J connectivity index is 1.76. The van der Waals surface area contributed by atoms with E-state index in [0.29, 0.717) is 11.7 Å². The summed E-state index contributed by atoms with van der Waals surface area (Å²) in [6.07, 6.45) is 1.92. The third kappa shape index (κ3) is 4.78. The van der Waals surface area contributed by atoms with Gasteiger partial charge in [-0.2, -0.15) is 5.26 Å². The monoisotopic (exact) mass is 391 g/mol. The molecule has 2 aromatic carbocycles. The molecule has 3 aromatic rings. The van der Waals surface area contributed by atoms with E-state index >= 15 is 0 Å². The molecule has 28 heavy (non-hydrogen) atoms. The number of aromatic nitrogens is 3. The maximum Gasteiger partial charge on any atom is 0.237 e. The SMILES string of the molecule is Cc1cc(C)cc(N(CCC#N)C(=O)CSc2nncn2-c2ccccc2)c1. The van der Waals surface area contributed by atoms with Gasteiger partial charge in [0.05, 0.1) is 18.2 Å². The van der Waals surface area contributed by atoms with Gasteiger partial charge in [-0.3, -0.25) is 9.36 Å². The molecule has 0 saturated heterocycles. The lowest BCUT2D eigenvalue weighted by Crippen LogP contribution is -2.33. The summed E-state index contributed by atoms with van der Waals surface area (Å²) in [6.45, 7) is 4.37. The maximum atomic E-state index is 13.0. The van der Waals surface area contributed by atoms with E-state index in [1.54, 1.807) is 11.2 Å². The number of hydrogen-bond donors (Lipinski definition) is 0. The van der Waals surface area contributed by atoms with Gasteiger partial charge in [0.15, 0.2) is 5.16 Å². The molecule has 1 amide bonds. The molecule has 0 aliphatic carbocycles. The first kappa shape index (κ1) is 19.6. The fourth-order valence-corrected chi connectivity index (χ4v) is 3.76. The molecule has 0 bridgehead atoms. The van der Waals surface area contributed by atoms with Crippen LogP contribution in [0.2, 0.25) is 0 Å². The van der Waals surface area contributed by atoms with Crippen molar-refractivity contribution in [3.8, 4) is 11.8 Å². The second-order valence-electron chi connectivity index (χ2n) is 6.41. The van der Waals surface area contributed by atoms with Gasteiger partial charge in [0.2, 0.25) is 5.91 Å². The smallest absolute Gasteiger partial charge is 0.237 e. The van der Waals surface area contributed by atoms with Crippen molar-refractivity contribution in [3.63, 3.8) is 0 Å². The number of nitrogens with zero attached hydrogens (tertiary/aromatic N) is 5. The Kier molecular flexibility index (Phi) is 6.45. The van der Waals surface area contributed by atoms with Gasteiger partial charge in [-0.1, -0.05) is 36.0 Å². The normalized spacial score (nSPS) is 10.5. The first-order chi connectivity index (χ1) is 13.6. The van der Waals surface area contributed by atoms with Crippen LogP contribution in [0.5, 0.6) is 0 Å². The Morgan fingerprint density at radius 2 is 1.89 bits per heavy atom. The molecule has 0 atom stereocenters. The fourth-order valence-electron chi connectivity index (χ4n) is 2.96. The van der Waals surface area contributed by atoms with E-state index < -0.39 is 0 Å². The average molecular weight is 392 g/mol. The summed E-state index contributed by atoms with van der Waals surface area (Å²) in [5.41, 5.74) is 3.93.